The summed E-state index contributed by atoms with van der Waals surface area (Å²) in [7, 11) is 0. The number of halogens is 2. The summed E-state index contributed by atoms with van der Waals surface area (Å²) in [5.74, 6) is 0. The smallest absolute Gasteiger partial charge is 0.168 e. The number of benzene rings is 3. The van der Waals surface area contributed by atoms with Crippen molar-refractivity contribution in [2.75, 3.05) is 0 Å². The molecule has 0 spiro atoms. The van der Waals surface area contributed by atoms with Gasteiger partial charge in [0.2, 0.25) is 0 Å². The zero-order valence-electron chi connectivity index (χ0n) is 10.8. The molecule has 0 fully saturated rings. The van der Waals surface area contributed by atoms with Gasteiger partial charge in [0.25, 0.3) is 0 Å². The molecule has 2 nitrogen and oxygen atoms in total. The van der Waals surface area contributed by atoms with Crippen LogP contribution in [-0.2, 0) is 0 Å². The Morgan fingerprint density at radius 1 is 0.905 bits per heavy atom. The summed E-state index contributed by atoms with van der Waals surface area (Å²) in [5.41, 5.74) is 2.30. The third kappa shape index (κ3) is 1.99. The second-order valence-corrected chi connectivity index (χ2v) is 5.66. The molecule has 4 heteroatoms. The van der Waals surface area contributed by atoms with Gasteiger partial charge in [0, 0.05) is 10.6 Å². The van der Waals surface area contributed by atoms with Crippen molar-refractivity contribution in [2.45, 2.75) is 0 Å². The van der Waals surface area contributed by atoms with Gasteiger partial charge in [-0.25, -0.2) is 0 Å². The molecular formula is C17H9Cl2NO. The van der Waals surface area contributed by atoms with Gasteiger partial charge < -0.3 is 4.52 Å². The van der Waals surface area contributed by atoms with Crippen LogP contribution in [0.15, 0.2) is 59.1 Å². The van der Waals surface area contributed by atoms with E-state index in [9.17, 15) is 0 Å². The van der Waals surface area contributed by atoms with E-state index >= 15 is 0 Å². The van der Waals surface area contributed by atoms with Crippen LogP contribution in [-0.4, -0.2) is 5.16 Å². The van der Waals surface area contributed by atoms with Crippen molar-refractivity contribution >= 4 is 44.9 Å². The standard InChI is InChI=1S/C17H9Cl2NO/c18-11-6-7-13(14(19)9-11)17-16-12-4-2-1-3-10(12)5-8-15(16)21-20-17/h1-9H. The highest BCUT2D eigenvalue weighted by molar-refractivity contribution is 6.36. The molecular weight excluding hydrogens is 305 g/mol. The Kier molecular flexibility index (Phi) is 2.88. The van der Waals surface area contributed by atoms with E-state index in [0.29, 0.717) is 10.0 Å². The lowest BCUT2D eigenvalue weighted by Crippen LogP contribution is -1.82. The third-order valence-electron chi connectivity index (χ3n) is 3.55. The number of aromatic nitrogens is 1. The molecule has 0 atom stereocenters. The van der Waals surface area contributed by atoms with E-state index in [1.54, 1.807) is 12.1 Å². The highest BCUT2D eigenvalue weighted by Gasteiger charge is 2.15. The molecule has 0 bridgehead atoms. The van der Waals surface area contributed by atoms with Gasteiger partial charge in [-0.2, -0.15) is 0 Å². The van der Waals surface area contributed by atoms with Gasteiger partial charge in [-0.15, -0.1) is 0 Å². The molecule has 0 aliphatic carbocycles. The summed E-state index contributed by atoms with van der Waals surface area (Å²) in [4.78, 5) is 0. The van der Waals surface area contributed by atoms with Crippen molar-refractivity contribution in [3.8, 4) is 11.3 Å². The number of nitrogens with zero attached hydrogens (tertiary/aromatic N) is 1. The van der Waals surface area contributed by atoms with E-state index in [0.717, 1.165) is 33.0 Å². The van der Waals surface area contributed by atoms with Gasteiger partial charge in [0.1, 0.15) is 5.69 Å². The molecule has 0 aliphatic heterocycles. The summed E-state index contributed by atoms with van der Waals surface area (Å²) >= 11 is 12.3. The normalized spacial score (nSPS) is 11.3. The lowest BCUT2D eigenvalue weighted by atomic mass is 10.0. The molecule has 0 aliphatic rings. The quantitative estimate of drug-likeness (QED) is 0.433. The average molecular weight is 314 g/mol. The summed E-state index contributed by atoms with van der Waals surface area (Å²) in [6.45, 7) is 0. The van der Waals surface area contributed by atoms with Gasteiger partial charge >= 0.3 is 0 Å². The Morgan fingerprint density at radius 3 is 2.62 bits per heavy atom. The number of hydrogen-bond donors (Lipinski definition) is 0. The Bertz CT molecular complexity index is 975. The Hall–Kier alpha value is -2.03. The lowest BCUT2D eigenvalue weighted by Gasteiger charge is -2.03. The molecule has 0 saturated carbocycles. The summed E-state index contributed by atoms with van der Waals surface area (Å²) in [6, 6.07) is 17.5. The third-order valence-corrected chi connectivity index (χ3v) is 4.10. The van der Waals surface area contributed by atoms with E-state index in [1.165, 1.54) is 0 Å². The van der Waals surface area contributed by atoms with Gasteiger partial charge in [-0.3, -0.25) is 0 Å². The van der Waals surface area contributed by atoms with Crippen LogP contribution in [0.25, 0.3) is 33.0 Å². The second kappa shape index (κ2) is 4.76. The fourth-order valence-electron chi connectivity index (χ4n) is 2.58. The molecule has 21 heavy (non-hydrogen) atoms. The van der Waals surface area contributed by atoms with E-state index < -0.39 is 0 Å². The molecule has 0 radical (unpaired) electrons. The van der Waals surface area contributed by atoms with Gasteiger partial charge in [-0.1, -0.05) is 58.7 Å². The number of fused-ring (bicyclic) bond motifs is 3. The van der Waals surface area contributed by atoms with Crippen LogP contribution in [0, 0.1) is 0 Å². The zero-order valence-corrected chi connectivity index (χ0v) is 12.3. The van der Waals surface area contributed by atoms with Crippen molar-refractivity contribution in [3.63, 3.8) is 0 Å². The molecule has 0 amide bonds. The van der Waals surface area contributed by atoms with Crippen LogP contribution < -0.4 is 0 Å². The van der Waals surface area contributed by atoms with Gasteiger partial charge in [0.05, 0.1) is 10.4 Å². The van der Waals surface area contributed by atoms with Crippen LogP contribution in [0.4, 0.5) is 0 Å². The van der Waals surface area contributed by atoms with Crippen molar-refractivity contribution < 1.29 is 4.52 Å². The Labute approximate surface area is 130 Å². The summed E-state index contributed by atoms with van der Waals surface area (Å²) < 4.78 is 5.46. The maximum absolute atomic E-state index is 6.31. The van der Waals surface area contributed by atoms with E-state index in [2.05, 4.69) is 17.3 Å². The molecule has 102 valence electrons. The minimum Gasteiger partial charge on any atom is -0.356 e. The Balaban J connectivity index is 2.12. The van der Waals surface area contributed by atoms with Crippen molar-refractivity contribution in [3.05, 3.63) is 64.6 Å². The molecule has 3 aromatic carbocycles. The van der Waals surface area contributed by atoms with E-state index in [4.69, 9.17) is 27.7 Å². The topological polar surface area (TPSA) is 26.0 Å². The van der Waals surface area contributed by atoms with Crippen molar-refractivity contribution in [2.24, 2.45) is 0 Å². The minimum atomic E-state index is 0.561. The predicted molar refractivity (Wildman–Crippen MR) is 87.0 cm³/mol. The van der Waals surface area contributed by atoms with Gasteiger partial charge in [-0.05, 0) is 35.0 Å². The number of rotatable bonds is 1. The summed E-state index contributed by atoms with van der Waals surface area (Å²) in [6.07, 6.45) is 0. The molecule has 0 N–H and O–H groups in total. The zero-order chi connectivity index (χ0) is 14.4. The highest BCUT2D eigenvalue weighted by Crippen LogP contribution is 2.37. The first-order valence-corrected chi connectivity index (χ1v) is 7.22. The largest absolute Gasteiger partial charge is 0.356 e. The molecule has 4 rings (SSSR count). The van der Waals surface area contributed by atoms with Gasteiger partial charge in [0.15, 0.2) is 5.58 Å². The first-order valence-electron chi connectivity index (χ1n) is 6.46. The minimum absolute atomic E-state index is 0.561. The first kappa shape index (κ1) is 12.7. The van der Waals surface area contributed by atoms with Crippen LogP contribution in [0.1, 0.15) is 0 Å². The van der Waals surface area contributed by atoms with E-state index in [1.807, 2.05) is 30.3 Å². The highest BCUT2D eigenvalue weighted by atomic mass is 35.5. The van der Waals surface area contributed by atoms with Crippen LogP contribution in [0.5, 0.6) is 0 Å². The predicted octanol–water partition coefficient (Wildman–Crippen LogP) is 5.95. The Morgan fingerprint density at radius 2 is 1.76 bits per heavy atom. The van der Waals surface area contributed by atoms with Crippen molar-refractivity contribution in [1.82, 2.24) is 5.16 Å². The maximum Gasteiger partial charge on any atom is 0.168 e. The second-order valence-electron chi connectivity index (χ2n) is 4.82. The molecule has 0 saturated heterocycles. The SMILES string of the molecule is Clc1ccc(-c2noc3ccc4ccccc4c23)c(Cl)c1. The van der Waals surface area contributed by atoms with Crippen LogP contribution >= 0.6 is 23.2 Å². The summed E-state index contributed by atoms with van der Waals surface area (Å²) in [5, 5.41) is 8.57. The molecule has 1 heterocycles. The number of hydrogen-bond acceptors (Lipinski definition) is 2. The average Bonchev–Trinajstić information content (AvgIpc) is 2.91. The molecule has 4 aromatic rings. The van der Waals surface area contributed by atoms with Crippen molar-refractivity contribution in [1.29, 1.82) is 0 Å². The fourth-order valence-corrected chi connectivity index (χ4v) is 3.08. The maximum atomic E-state index is 6.31. The molecule has 1 aromatic heterocycles. The fraction of sp³-hybridized carbons (Fsp3) is 0. The first-order chi connectivity index (χ1) is 10.2. The van der Waals surface area contributed by atoms with Crippen LogP contribution in [0.2, 0.25) is 10.0 Å². The lowest BCUT2D eigenvalue weighted by molar-refractivity contribution is 0.459. The van der Waals surface area contributed by atoms with E-state index in [-0.39, 0.29) is 0 Å². The molecule has 0 unspecified atom stereocenters. The van der Waals surface area contributed by atoms with Crippen LogP contribution in [0.3, 0.4) is 0 Å². The monoisotopic (exact) mass is 313 g/mol.